The highest BCUT2D eigenvalue weighted by Gasteiger charge is 2.09. The lowest BCUT2D eigenvalue weighted by Gasteiger charge is -2.09. The van der Waals surface area contributed by atoms with E-state index >= 15 is 0 Å². The van der Waals surface area contributed by atoms with Crippen LogP contribution in [-0.2, 0) is 16.6 Å². The van der Waals surface area contributed by atoms with Gasteiger partial charge < -0.3 is 10.5 Å². The van der Waals surface area contributed by atoms with Gasteiger partial charge in [0.1, 0.15) is 5.75 Å². The van der Waals surface area contributed by atoms with Gasteiger partial charge in [-0.05, 0) is 37.3 Å². The summed E-state index contributed by atoms with van der Waals surface area (Å²) in [6, 6.07) is 13.0. The van der Waals surface area contributed by atoms with Crippen molar-refractivity contribution in [2.45, 2.75) is 17.6 Å². The third-order valence-corrected chi connectivity index (χ3v) is 4.24. The Morgan fingerprint density at radius 1 is 1.16 bits per heavy atom. The van der Waals surface area contributed by atoms with Crippen LogP contribution < -0.4 is 10.5 Å². The van der Waals surface area contributed by atoms with Crippen molar-refractivity contribution < 1.29 is 8.95 Å². The fraction of sp³-hybridized carbons (Fsp3) is 0.200. The van der Waals surface area contributed by atoms with Crippen LogP contribution >= 0.6 is 0 Å². The van der Waals surface area contributed by atoms with Gasteiger partial charge in [0.05, 0.1) is 23.7 Å². The van der Waals surface area contributed by atoms with E-state index in [4.69, 9.17) is 10.5 Å². The number of ether oxygens (including phenoxy) is 1. The monoisotopic (exact) mass is 275 g/mol. The average Bonchev–Trinajstić information content (AvgIpc) is 2.39. The summed E-state index contributed by atoms with van der Waals surface area (Å²) in [6.45, 7) is 2.01. The van der Waals surface area contributed by atoms with Gasteiger partial charge in [0.15, 0.2) is 0 Å². The molecule has 1 atom stereocenters. The molecule has 0 spiro atoms. The maximum atomic E-state index is 12.3. The van der Waals surface area contributed by atoms with Crippen LogP contribution in [0.15, 0.2) is 47.4 Å². The maximum Gasteiger partial charge on any atom is 0.123 e. The van der Waals surface area contributed by atoms with Gasteiger partial charge in [-0.15, -0.1) is 0 Å². The second-order valence-corrected chi connectivity index (χ2v) is 5.83. The number of hydrogen-bond acceptors (Lipinski definition) is 3. The molecule has 3 nitrogen and oxygen atoms in total. The smallest absolute Gasteiger partial charge is 0.123 e. The molecule has 2 N–H and O–H groups in total. The standard InChI is InChI=1S/C15H17NO2S/c1-11-3-8-15(18-2)12(9-11)10-19(17)14-6-4-13(16)5-7-14/h3-9H,10,16H2,1-2H3. The molecule has 0 bridgehead atoms. The van der Waals surface area contributed by atoms with Crippen LogP contribution in [0.1, 0.15) is 11.1 Å². The molecule has 0 aromatic heterocycles. The number of benzene rings is 2. The van der Waals surface area contributed by atoms with E-state index in [1.807, 2.05) is 25.1 Å². The molecule has 0 amide bonds. The summed E-state index contributed by atoms with van der Waals surface area (Å²) in [7, 11) is 0.527. The summed E-state index contributed by atoms with van der Waals surface area (Å²) >= 11 is 0. The molecule has 0 fully saturated rings. The SMILES string of the molecule is COc1ccc(C)cc1CS(=O)c1ccc(N)cc1. The van der Waals surface area contributed by atoms with Crippen molar-refractivity contribution in [1.29, 1.82) is 0 Å². The van der Waals surface area contributed by atoms with E-state index in [-0.39, 0.29) is 0 Å². The van der Waals surface area contributed by atoms with Crippen LogP contribution in [0.2, 0.25) is 0 Å². The van der Waals surface area contributed by atoms with Crippen LogP contribution in [0.3, 0.4) is 0 Å². The Morgan fingerprint density at radius 3 is 2.47 bits per heavy atom. The number of methoxy groups -OCH3 is 1. The summed E-state index contributed by atoms with van der Waals surface area (Å²) < 4.78 is 17.6. The largest absolute Gasteiger partial charge is 0.496 e. The molecule has 1 unspecified atom stereocenters. The molecule has 0 aliphatic rings. The lowest BCUT2D eigenvalue weighted by Crippen LogP contribution is -2.00. The molecule has 0 saturated carbocycles. The molecule has 0 radical (unpaired) electrons. The van der Waals surface area contributed by atoms with Crippen molar-refractivity contribution in [3.05, 3.63) is 53.6 Å². The normalized spacial score (nSPS) is 12.1. The van der Waals surface area contributed by atoms with Gasteiger partial charge in [-0.1, -0.05) is 17.7 Å². The molecule has 0 aliphatic carbocycles. The molecule has 19 heavy (non-hydrogen) atoms. The molecule has 2 aromatic rings. The van der Waals surface area contributed by atoms with E-state index < -0.39 is 10.8 Å². The van der Waals surface area contributed by atoms with Crippen LogP contribution in [-0.4, -0.2) is 11.3 Å². The third-order valence-electron chi connectivity index (χ3n) is 2.87. The fourth-order valence-corrected chi connectivity index (χ4v) is 2.98. The Hall–Kier alpha value is -1.81. The minimum absolute atomic E-state index is 0.439. The molecular formula is C15H17NO2S. The van der Waals surface area contributed by atoms with Crippen molar-refractivity contribution in [3.8, 4) is 5.75 Å². The first kappa shape index (κ1) is 13.6. The Balaban J connectivity index is 2.23. The zero-order valence-corrected chi connectivity index (χ0v) is 11.9. The van der Waals surface area contributed by atoms with Crippen LogP contribution in [0, 0.1) is 6.92 Å². The van der Waals surface area contributed by atoms with Gasteiger partial charge in [0.25, 0.3) is 0 Å². The van der Waals surface area contributed by atoms with E-state index in [2.05, 4.69) is 0 Å². The predicted octanol–water partition coefficient (Wildman–Crippen LogP) is 2.89. The van der Waals surface area contributed by atoms with Crippen molar-refractivity contribution in [2.75, 3.05) is 12.8 Å². The van der Waals surface area contributed by atoms with Crippen molar-refractivity contribution in [3.63, 3.8) is 0 Å². The molecular weight excluding hydrogens is 258 g/mol. The Labute approximate surface area is 115 Å². The van der Waals surface area contributed by atoms with E-state index in [1.54, 1.807) is 31.4 Å². The first-order chi connectivity index (χ1) is 9.10. The number of rotatable bonds is 4. The summed E-state index contributed by atoms with van der Waals surface area (Å²) in [5.41, 5.74) is 8.39. The van der Waals surface area contributed by atoms with Crippen LogP contribution in [0.25, 0.3) is 0 Å². The second kappa shape index (κ2) is 5.89. The van der Waals surface area contributed by atoms with Crippen molar-refractivity contribution in [1.82, 2.24) is 0 Å². The number of nitrogen functional groups attached to an aromatic ring is 1. The Bertz CT molecular complexity index is 594. The zero-order chi connectivity index (χ0) is 13.8. The molecule has 2 aromatic carbocycles. The molecule has 0 aliphatic heterocycles. The zero-order valence-electron chi connectivity index (χ0n) is 11.1. The Morgan fingerprint density at radius 2 is 1.84 bits per heavy atom. The van der Waals surface area contributed by atoms with Crippen LogP contribution in [0.5, 0.6) is 5.75 Å². The molecule has 0 saturated heterocycles. The van der Waals surface area contributed by atoms with Crippen molar-refractivity contribution in [2.24, 2.45) is 0 Å². The molecule has 0 heterocycles. The van der Waals surface area contributed by atoms with Crippen LogP contribution in [0.4, 0.5) is 5.69 Å². The quantitative estimate of drug-likeness (QED) is 0.873. The first-order valence-electron chi connectivity index (χ1n) is 5.97. The van der Waals surface area contributed by atoms with Gasteiger partial charge in [0.2, 0.25) is 0 Å². The third kappa shape index (κ3) is 3.35. The van der Waals surface area contributed by atoms with Gasteiger partial charge in [-0.2, -0.15) is 0 Å². The Kier molecular flexibility index (Phi) is 4.22. The topological polar surface area (TPSA) is 52.3 Å². The number of aryl methyl sites for hydroxylation is 1. The van der Waals surface area contributed by atoms with Gasteiger partial charge in [0, 0.05) is 16.1 Å². The second-order valence-electron chi connectivity index (χ2n) is 4.37. The van der Waals surface area contributed by atoms with Gasteiger partial charge in [-0.3, -0.25) is 4.21 Å². The maximum absolute atomic E-state index is 12.3. The number of hydrogen-bond donors (Lipinski definition) is 1. The highest BCUT2D eigenvalue weighted by molar-refractivity contribution is 7.84. The number of nitrogens with two attached hydrogens (primary N) is 1. The number of anilines is 1. The first-order valence-corrected chi connectivity index (χ1v) is 7.29. The summed E-state index contributed by atoms with van der Waals surface area (Å²) in [4.78, 5) is 0.776. The van der Waals surface area contributed by atoms with E-state index in [9.17, 15) is 4.21 Å². The molecule has 4 heteroatoms. The van der Waals surface area contributed by atoms with Gasteiger partial charge >= 0.3 is 0 Å². The highest BCUT2D eigenvalue weighted by atomic mass is 32.2. The predicted molar refractivity (Wildman–Crippen MR) is 78.7 cm³/mol. The minimum Gasteiger partial charge on any atom is -0.496 e. The molecule has 100 valence electrons. The fourth-order valence-electron chi connectivity index (χ4n) is 1.86. The van der Waals surface area contributed by atoms with E-state index in [1.165, 1.54) is 0 Å². The van der Waals surface area contributed by atoms with Crippen molar-refractivity contribution >= 4 is 16.5 Å². The summed E-state index contributed by atoms with van der Waals surface area (Å²) in [6.07, 6.45) is 0. The van der Waals surface area contributed by atoms with E-state index in [0.29, 0.717) is 11.4 Å². The van der Waals surface area contributed by atoms with Gasteiger partial charge in [-0.25, -0.2) is 0 Å². The minimum atomic E-state index is -1.10. The highest BCUT2D eigenvalue weighted by Crippen LogP contribution is 2.23. The lowest BCUT2D eigenvalue weighted by molar-refractivity contribution is 0.411. The summed E-state index contributed by atoms with van der Waals surface area (Å²) in [5.74, 6) is 1.21. The summed E-state index contributed by atoms with van der Waals surface area (Å²) in [5, 5.41) is 0. The van der Waals surface area contributed by atoms with E-state index in [0.717, 1.165) is 21.8 Å². The molecule has 2 rings (SSSR count). The average molecular weight is 275 g/mol. The lowest BCUT2D eigenvalue weighted by atomic mass is 10.1.